The van der Waals surface area contributed by atoms with Crippen molar-refractivity contribution in [3.63, 3.8) is 0 Å². The Morgan fingerprint density at radius 1 is 1.19 bits per heavy atom. The minimum absolute atomic E-state index is 0.293. The molecule has 0 spiro atoms. The first kappa shape index (κ1) is 19.7. The quantitative estimate of drug-likeness (QED) is 0.794. The lowest BCUT2D eigenvalue weighted by Gasteiger charge is -2.33. The first-order valence-electron chi connectivity index (χ1n) is 9.51. The Morgan fingerprint density at radius 3 is 2.67 bits per heavy atom. The standard InChI is InChI=1S/C21H29N3O2S/c1-5-17(14-22-4)18-10-9-15(2)20(13-18)27(25,26)24-12-11-23-19-8-6-7-16(3)21(19)24/h6-10,13,17,22-23H,5,11-12,14H2,1-4H3. The smallest absolute Gasteiger partial charge is 0.264 e. The maximum absolute atomic E-state index is 13.6. The second-order valence-corrected chi connectivity index (χ2v) is 8.99. The molecule has 0 amide bonds. The highest BCUT2D eigenvalue weighted by atomic mass is 32.2. The van der Waals surface area contributed by atoms with Crippen LogP contribution in [0, 0.1) is 13.8 Å². The molecule has 1 atom stereocenters. The molecule has 146 valence electrons. The van der Waals surface area contributed by atoms with Gasteiger partial charge in [-0.3, -0.25) is 4.31 Å². The van der Waals surface area contributed by atoms with E-state index in [9.17, 15) is 8.42 Å². The first-order valence-corrected chi connectivity index (χ1v) is 11.0. The monoisotopic (exact) mass is 387 g/mol. The molecule has 0 saturated carbocycles. The number of sulfonamides is 1. The van der Waals surface area contributed by atoms with Gasteiger partial charge in [-0.05, 0) is 62.1 Å². The molecule has 6 heteroatoms. The van der Waals surface area contributed by atoms with Crippen LogP contribution in [0.25, 0.3) is 0 Å². The predicted octanol–water partition coefficient (Wildman–Crippen LogP) is 3.64. The zero-order valence-electron chi connectivity index (χ0n) is 16.5. The third-order valence-electron chi connectivity index (χ3n) is 5.31. The number of rotatable bonds is 6. The summed E-state index contributed by atoms with van der Waals surface area (Å²) in [4.78, 5) is 0.408. The lowest BCUT2D eigenvalue weighted by atomic mass is 9.95. The zero-order valence-corrected chi connectivity index (χ0v) is 17.4. The highest BCUT2D eigenvalue weighted by molar-refractivity contribution is 7.93. The van der Waals surface area contributed by atoms with E-state index in [4.69, 9.17) is 0 Å². The summed E-state index contributed by atoms with van der Waals surface area (Å²) in [5.74, 6) is 0.293. The van der Waals surface area contributed by atoms with Crippen molar-refractivity contribution < 1.29 is 8.42 Å². The van der Waals surface area contributed by atoms with Crippen LogP contribution in [-0.4, -0.2) is 35.1 Å². The van der Waals surface area contributed by atoms with Crippen LogP contribution in [0.4, 0.5) is 11.4 Å². The molecule has 1 unspecified atom stereocenters. The molecular weight excluding hydrogens is 358 g/mol. The number of hydrogen-bond donors (Lipinski definition) is 2. The summed E-state index contributed by atoms with van der Waals surface area (Å²) in [6.45, 7) is 7.82. The Balaban J connectivity index is 2.09. The van der Waals surface area contributed by atoms with Crippen molar-refractivity contribution in [3.05, 3.63) is 53.1 Å². The second kappa shape index (κ2) is 7.90. The number of aryl methyl sites for hydroxylation is 2. The van der Waals surface area contributed by atoms with E-state index in [0.717, 1.165) is 41.0 Å². The van der Waals surface area contributed by atoms with E-state index in [1.54, 1.807) is 4.31 Å². The number of para-hydroxylation sites is 1. The van der Waals surface area contributed by atoms with Gasteiger partial charge in [0.15, 0.2) is 0 Å². The Bertz CT molecular complexity index is 925. The van der Waals surface area contributed by atoms with Crippen LogP contribution in [0.15, 0.2) is 41.3 Å². The number of likely N-dealkylation sites (N-methyl/N-ethyl adjacent to an activating group) is 1. The molecule has 0 saturated heterocycles. The molecular formula is C21H29N3O2S. The normalized spacial score (nSPS) is 15.2. The van der Waals surface area contributed by atoms with E-state index in [1.807, 2.05) is 51.2 Å². The minimum Gasteiger partial charge on any atom is -0.382 e. The zero-order chi connectivity index (χ0) is 19.6. The highest BCUT2D eigenvalue weighted by Gasteiger charge is 2.31. The minimum atomic E-state index is -3.63. The van der Waals surface area contributed by atoms with Gasteiger partial charge < -0.3 is 10.6 Å². The van der Waals surface area contributed by atoms with E-state index in [-0.39, 0.29) is 0 Å². The van der Waals surface area contributed by atoms with Gasteiger partial charge in [0.05, 0.1) is 22.8 Å². The topological polar surface area (TPSA) is 61.4 Å². The summed E-state index contributed by atoms with van der Waals surface area (Å²) in [6.07, 6.45) is 0.957. The molecule has 0 fully saturated rings. The Morgan fingerprint density at radius 2 is 1.96 bits per heavy atom. The second-order valence-electron chi connectivity index (χ2n) is 7.16. The molecule has 2 aromatic rings. The molecule has 5 nitrogen and oxygen atoms in total. The Kier molecular flexibility index (Phi) is 5.77. The lowest BCUT2D eigenvalue weighted by molar-refractivity contribution is 0.587. The summed E-state index contributed by atoms with van der Waals surface area (Å²) in [6, 6.07) is 11.7. The summed E-state index contributed by atoms with van der Waals surface area (Å²) < 4.78 is 28.8. The number of nitrogens with one attached hydrogen (secondary N) is 2. The fraction of sp³-hybridized carbons (Fsp3) is 0.429. The third-order valence-corrected chi connectivity index (χ3v) is 7.25. The van der Waals surface area contributed by atoms with Gasteiger partial charge in [0.2, 0.25) is 0 Å². The summed E-state index contributed by atoms with van der Waals surface area (Å²) in [7, 11) is -1.71. The van der Waals surface area contributed by atoms with Crippen molar-refractivity contribution in [2.75, 3.05) is 36.3 Å². The molecule has 0 bridgehead atoms. The third kappa shape index (κ3) is 3.69. The van der Waals surface area contributed by atoms with E-state index < -0.39 is 10.0 Å². The van der Waals surface area contributed by atoms with E-state index in [2.05, 4.69) is 23.6 Å². The van der Waals surface area contributed by atoms with Crippen LogP contribution in [-0.2, 0) is 10.0 Å². The van der Waals surface area contributed by atoms with Gasteiger partial charge in [-0.25, -0.2) is 8.42 Å². The molecule has 1 aliphatic rings. The molecule has 2 N–H and O–H groups in total. The fourth-order valence-corrected chi connectivity index (χ4v) is 5.60. The van der Waals surface area contributed by atoms with Gasteiger partial charge in [-0.2, -0.15) is 0 Å². The molecule has 2 aromatic carbocycles. The Labute approximate surface area is 162 Å². The highest BCUT2D eigenvalue weighted by Crippen LogP contribution is 2.37. The van der Waals surface area contributed by atoms with Gasteiger partial charge >= 0.3 is 0 Å². The van der Waals surface area contributed by atoms with Gasteiger partial charge in [0, 0.05) is 13.1 Å². The van der Waals surface area contributed by atoms with E-state index >= 15 is 0 Å². The first-order chi connectivity index (χ1) is 12.9. The molecule has 0 radical (unpaired) electrons. The number of fused-ring (bicyclic) bond motifs is 1. The fourth-order valence-electron chi connectivity index (χ4n) is 3.79. The van der Waals surface area contributed by atoms with Crippen LogP contribution in [0.2, 0.25) is 0 Å². The van der Waals surface area contributed by atoms with Crippen molar-refractivity contribution in [1.82, 2.24) is 5.32 Å². The predicted molar refractivity (Wildman–Crippen MR) is 112 cm³/mol. The maximum atomic E-state index is 13.6. The van der Waals surface area contributed by atoms with Crippen molar-refractivity contribution in [3.8, 4) is 0 Å². The van der Waals surface area contributed by atoms with E-state index in [1.165, 1.54) is 0 Å². The Hall–Kier alpha value is -2.05. The van der Waals surface area contributed by atoms with Crippen LogP contribution in [0.5, 0.6) is 0 Å². The number of hydrogen-bond acceptors (Lipinski definition) is 4. The average molecular weight is 388 g/mol. The van der Waals surface area contributed by atoms with Crippen molar-refractivity contribution in [2.24, 2.45) is 0 Å². The molecule has 3 rings (SSSR count). The van der Waals surface area contributed by atoms with Crippen LogP contribution in [0.3, 0.4) is 0 Å². The number of nitrogens with zero attached hydrogens (tertiary/aromatic N) is 1. The van der Waals surface area contributed by atoms with Gasteiger partial charge in [-0.1, -0.05) is 31.2 Å². The van der Waals surface area contributed by atoms with Gasteiger partial charge in [0.25, 0.3) is 10.0 Å². The van der Waals surface area contributed by atoms with Crippen LogP contribution in [0.1, 0.15) is 36.0 Å². The lowest BCUT2D eigenvalue weighted by Crippen LogP contribution is -2.39. The van der Waals surface area contributed by atoms with Crippen LogP contribution >= 0.6 is 0 Å². The van der Waals surface area contributed by atoms with Crippen LogP contribution < -0.4 is 14.9 Å². The molecule has 0 aromatic heterocycles. The molecule has 0 aliphatic carbocycles. The SMILES string of the molecule is CCC(CNC)c1ccc(C)c(S(=O)(=O)N2CCNc3cccc(C)c32)c1. The molecule has 27 heavy (non-hydrogen) atoms. The van der Waals surface area contributed by atoms with E-state index in [0.29, 0.717) is 23.9 Å². The van der Waals surface area contributed by atoms with Crippen molar-refractivity contribution in [1.29, 1.82) is 0 Å². The summed E-state index contributed by atoms with van der Waals surface area (Å²) >= 11 is 0. The largest absolute Gasteiger partial charge is 0.382 e. The number of anilines is 2. The maximum Gasteiger partial charge on any atom is 0.264 e. The average Bonchev–Trinajstić information content (AvgIpc) is 2.66. The van der Waals surface area contributed by atoms with Gasteiger partial charge in [-0.15, -0.1) is 0 Å². The van der Waals surface area contributed by atoms with Crippen molar-refractivity contribution in [2.45, 2.75) is 38.0 Å². The van der Waals surface area contributed by atoms with Crippen molar-refractivity contribution >= 4 is 21.4 Å². The summed E-state index contributed by atoms with van der Waals surface area (Å²) in [5.41, 5.74) is 4.44. The number of benzene rings is 2. The summed E-state index contributed by atoms with van der Waals surface area (Å²) in [5, 5.41) is 6.52. The van der Waals surface area contributed by atoms with Gasteiger partial charge in [0.1, 0.15) is 0 Å². The molecule has 1 aliphatic heterocycles. The molecule has 1 heterocycles.